The number of hydrogen-bond donors (Lipinski definition) is 2. The smallest absolute Gasteiger partial charge is 0.252 e. The quantitative estimate of drug-likeness (QED) is 0.421. The van der Waals surface area contributed by atoms with Gasteiger partial charge < -0.3 is 25.0 Å². The first-order valence-electron chi connectivity index (χ1n) is 11.4. The molecule has 182 valence electrons. The minimum absolute atomic E-state index is 0.125. The number of aromatic nitrogens is 2. The number of hydrogen-bond acceptors (Lipinski definition) is 6. The number of nitrogens with one attached hydrogen (secondary N) is 2. The topological polar surface area (TPSA) is 97.2 Å². The SMILES string of the molecule is CCc1nc2ccc(C(=O)NCCNC(C)=O)cn2c1N(CC)Cc1ccc(OC)c(OC)c1. The maximum atomic E-state index is 12.7. The predicted octanol–water partition coefficient (Wildman–Crippen LogP) is 2.81. The lowest BCUT2D eigenvalue weighted by atomic mass is 10.1. The molecule has 2 amide bonds. The van der Waals surface area contributed by atoms with Crippen LogP contribution in [0.1, 0.15) is 42.4 Å². The van der Waals surface area contributed by atoms with Gasteiger partial charge in [-0.1, -0.05) is 13.0 Å². The molecular formula is C25H33N5O4. The molecule has 34 heavy (non-hydrogen) atoms. The van der Waals surface area contributed by atoms with Crippen LogP contribution in [0.4, 0.5) is 5.82 Å². The van der Waals surface area contributed by atoms with E-state index >= 15 is 0 Å². The Morgan fingerprint density at radius 1 is 1.03 bits per heavy atom. The van der Waals surface area contributed by atoms with Crippen LogP contribution in [0.25, 0.3) is 5.65 Å². The van der Waals surface area contributed by atoms with E-state index in [-0.39, 0.29) is 11.8 Å². The number of carbonyl (C=O) groups excluding carboxylic acids is 2. The van der Waals surface area contributed by atoms with Crippen LogP contribution in [0.15, 0.2) is 36.5 Å². The zero-order chi connectivity index (χ0) is 24.7. The molecule has 0 saturated carbocycles. The largest absolute Gasteiger partial charge is 0.493 e. The third-order valence-electron chi connectivity index (χ3n) is 5.55. The minimum atomic E-state index is -0.201. The second-order valence-electron chi connectivity index (χ2n) is 7.82. The van der Waals surface area contributed by atoms with Crippen molar-refractivity contribution in [2.24, 2.45) is 0 Å². The summed E-state index contributed by atoms with van der Waals surface area (Å²) >= 11 is 0. The Morgan fingerprint density at radius 3 is 2.41 bits per heavy atom. The second kappa shape index (κ2) is 11.4. The van der Waals surface area contributed by atoms with Crippen LogP contribution >= 0.6 is 0 Å². The summed E-state index contributed by atoms with van der Waals surface area (Å²) in [6.45, 7) is 7.75. The van der Waals surface area contributed by atoms with Gasteiger partial charge in [0, 0.05) is 39.3 Å². The number of benzene rings is 1. The van der Waals surface area contributed by atoms with Crippen LogP contribution in [-0.2, 0) is 17.8 Å². The van der Waals surface area contributed by atoms with Gasteiger partial charge in [0.25, 0.3) is 5.91 Å². The molecule has 0 fully saturated rings. The van der Waals surface area contributed by atoms with E-state index in [0.29, 0.717) is 36.7 Å². The zero-order valence-electron chi connectivity index (χ0n) is 20.5. The lowest BCUT2D eigenvalue weighted by Crippen LogP contribution is -2.33. The van der Waals surface area contributed by atoms with Crippen molar-refractivity contribution < 1.29 is 19.1 Å². The Morgan fingerprint density at radius 2 is 1.76 bits per heavy atom. The number of carbonyl (C=O) groups is 2. The Kier molecular flexibility index (Phi) is 8.34. The highest BCUT2D eigenvalue weighted by molar-refractivity contribution is 5.94. The number of nitrogens with zero attached hydrogens (tertiary/aromatic N) is 3. The molecule has 2 aromatic heterocycles. The van der Waals surface area contributed by atoms with Gasteiger partial charge in [0.1, 0.15) is 11.5 Å². The predicted molar refractivity (Wildman–Crippen MR) is 132 cm³/mol. The van der Waals surface area contributed by atoms with Crippen LogP contribution in [0, 0.1) is 0 Å². The van der Waals surface area contributed by atoms with Gasteiger partial charge in [0.05, 0.1) is 25.5 Å². The molecule has 0 spiro atoms. The van der Waals surface area contributed by atoms with Gasteiger partial charge in [0.15, 0.2) is 11.5 Å². The number of aryl methyl sites for hydroxylation is 1. The molecule has 0 saturated heterocycles. The summed E-state index contributed by atoms with van der Waals surface area (Å²) in [6.07, 6.45) is 2.58. The lowest BCUT2D eigenvalue weighted by Gasteiger charge is -2.24. The van der Waals surface area contributed by atoms with Crippen LogP contribution in [0.5, 0.6) is 11.5 Å². The fourth-order valence-electron chi connectivity index (χ4n) is 3.84. The van der Waals surface area contributed by atoms with Gasteiger partial charge in [-0.05, 0) is 43.2 Å². The average molecular weight is 468 g/mol. The molecule has 2 N–H and O–H groups in total. The monoisotopic (exact) mass is 467 g/mol. The van der Waals surface area contributed by atoms with E-state index < -0.39 is 0 Å². The van der Waals surface area contributed by atoms with Crippen molar-refractivity contribution in [1.82, 2.24) is 20.0 Å². The molecule has 0 aliphatic carbocycles. The normalized spacial score (nSPS) is 10.7. The van der Waals surface area contributed by atoms with E-state index in [0.717, 1.165) is 35.7 Å². The summed E-state index contributed by atoms with van der Waals surface area (Å²) in [5.41, 5.74) is 3.35. The summed E-state index contributed by atoms with van der Waals surface area (Å²) in [4.78, 5) is 30.7. The number of fused-ring (bicyclic) bond motifs is 1. The van der Waals surface area contributed by atoms with Gasteiger partial charge in [-0.3, -0.25) is 14.0 Å². The molecule has 0 bridgehead atoms. The minimum Gasteiger partial charge on any atom is -0.493 e. The molecule has 0 atom stereocenters. The number of ether oxygens (including phenoxy) is 2. The van der Waals surface area contributed by atoms with Crippen LogP contribution in [0.3, 0.4) is 0 Å². The molecule has 9 nitrogen and oxygen atoms in total. The molecule has 0 aliphatic rings. The van der Waals surface area contributed by atoms with Crippen molar-refractivity contribution in [3.63, 3.8) is 0 Å². The summed E-state index contributed by atoms with van der Waals surface area (Å²) in [5, 5.41) is 5.51. The Balaban J connectivity index is 1.90. The summed E-state index contributed by atoms with van der Waals surface area (Å²) in [7, 11) is 3.25. The van der Waals surface area contributed by atoms with Crippen molar-refractivity contribution in [1.29, 1.82) is 0 Å². The molecule has 3 aromatic rings. The zero-order valence-corrected chi connectivity index (χ0v) is 20.5. The summed E-state index contributed by atoms with van der Waals surface area (Å²) in [5.74, 6) is 2.01. The van der Waals surface area contributed by atoms with E-state index in [2.05, 4.69) is 29.4 Å². The third kappa shape index (κ3) is 5.59. The number of amides is 2. The van der Waals surface area contributed by atoms with E-state index in [9.17, 15) is 9.59 Å². The molecule has 2 heterocycles. The number of rotatable bonds is 11. The van der Waals surface area contributed by atoms with Crippen molar-refractivity contribution in [2.75, 3.05) is 38.8 Å². The average Bonchev–Trinajstić information content (AvgIpc) is 3.22. The highest BCUT2D eigenvalue weighted by Gasteiger charge is 2.19. The maximum Gasteiger partial charge on any atom is 0.252 e. The summed E-state index contributed by atoms with van der Waals surface area (Å²) < 4.78 is 12.8. The van der Waals surface area contributed by atoms with Crippen LogP contribution < -0.4 is 25.0 Å². The van der Waals surface area contributed by atoms with Crippen molar-refractivity contribution in [3.05, 3.63) is 53.3 Å². The van der Waals surface area contributed by atoms with E-state index in [4.69, 9.17) is 14.5 Å². The molecule has 3 rings (SSSR count). The Bertz CT molecular complexity index is 1160. The van der Waals surface area contributed by atoms with E-state index in [1.54, 1.807) is 20.3 Å². The van der Waals surface area contributed by atoms with Crippen molar-refractivity contribution >= 4 is 23.3 Å². The molecule has 0 radical (unpaired) electrons. The maximum absolute atomic E-state index is 12.7. The highest BCUT2D eigenvalue weighted by Crippen LogP contribution is 2.30. The molecule has 9 heteroatoms. The van der Waals surface area contributed by atoms with Crippen molar-refractivity contribution in [2.45, 2.75) is 33.7 Å². The van der Waals surface area contributed by atoms with Gasteiger partial charge in [0.2, 0.25) is 5.91 Å². The van der Waals surface area contributed by atoms with Crippen molar-refractivity contribution in [3.8, 4) is 11.5 Å². The number of imidazole rings is 1. The molecule has 1 aromatic carbocycles. The molecule has 0 aliphatic heterocycles. The molecule has 0 unspecified atom stereocenters. The van der Waals surface area contributed by atoms with Gasteiger partial charge in [-0.25, -0.2) is 4.98 Å². The number of anilines is 1. The van der Waals surface area contributed by atoms with Crippen LogP contribution in [-0.4, -0.2) is 55.1 Å². The summed E-state index contributed by atoms with van der Waals surface area (Å²) in [6, 6.07) is 9.53. The van der Waals surface area contributed by atoms with E-state index in [1.165, 1.54) is 6.92 Å². The van der Waals surface area contributed by atoms with Gasteiger partial charge in [-0.15, -0.1) is 0 Å². The highest BCUT2D eigenvalue weighted by atomic mass is 16.5. The Labute approximate surface area is 200 Å². The second-order valence-corrected chi connectivity index (χ2v) is 7.82. The van der Waals surface area contributed by atoms with E-state index in [1.807, 2.05) is 34.9 Å². The third-order valence-corrected chi connectivity index (χ3v) is 5.55. The first-order chi connectivity index (χ1) is 16.4. The Hall–Kier alpha value is -3.75. The standard InChI is InChI=1S/C25H33N5O4/c1-6-20-25(29(7-2)15-18-8-10-21(33-4)22(14-18)34-5)30-16-19(9-11-23(30)28-20)24(32)27-13-12-26-17(3)31/h8-11,14,16H,6-7,12-13,15H2,1-5H3,(H,26,31)(H,27,32). The van der Waals surface area contributed by atoms with Gasteiger partial charge in [-0.2, -0.15) is 0 Å². The fourth-order valence-corrected chi connectivity index (χ4v) is 3.84. The number of methoxy groups -OCH3 is 2. The van der Waals surface area contributed by atoms with Crippen LogP contribution in [0.2, 0.25) is 0 Å². The molecular weight excluding hydrogens is 434 g/mol. The lowest BCUT2D eigenvalue weighted by molar-refractivity contribution is -0.118. The first-order valence-corrected chi connectivity index (χ1v) is 11.4. The number of pyridine rings is 1. The first kappa shape index (κ1) is 24.9. The van der Waals surface area contributed by atoms with Gasteiger partial charge >= 0.3 is 0 Å². The fraction of sp³-hybridized carbons (Fsp3) is 0.400.